The van der Waals surface area contributed by atoms with Crippen LogP contribution in [0, 0.1) is 5.92 Å². The Morgan fingerprint density at radius 3 is 2.64 bits per heavy atom. The SMILES string of the molecule is CCCN(C(=O)C1CCC1)C(C)c1nc2ccccc2c(=O)n1CC. The molecule has 0 spiro atoms. The Morgan fingerprint density at radius 2 is 2.04 bits per heavy atom. The van der Waals surface area contributed by atoms with E-state index < -0.39 is 0 Å². The van der Waals surface area contributed by atoms with Crippen LogP contribution in [0.3, 0.4) is 0 Å². The van der Waals surface area contributed by atoms with Crippen molar-refractivity contribution in [2.24, 2.45) is 5.92 Å². The lowest BCUT2D eigenvalue weighted by atomic mass is 9.84. The van der Waals surface area contributed by atoms with E-state index in [0.717, 1.165) is 25.7 Å². The summed E-state index contributed by atoms with van der Waals surface area (Å²) in [6, 6.07) is 7.23. The highest BCUT2D eigenvalue weighted by Gasteiger charge is 2.33. The summed E-state index contributed by atoms with van der Waals surface area (Å²) in [5.41, 5.74) is 0.675. The van der Waals surface area contributed by atoms with Gasteiger partial charge in [-0.3, -0.25) is 14.2 Å². The minimum absolute atomic E-state index is 0.0255. The predicted molar refractivity (Wildman–Crippen MR) is 99.4 cm³/mol. The van der Waals surface area contributed by atoms with E-state index in [4.69, 9.17) is 4.98 Å². The molecule has 0 radical (unpaired) electrons. The first-order valence-electron chi connectivity index (χ1n) is 9.38. The van der Waals surface area contributed by atoms with Crippen molar-refractivity contribution in [3.8, 4) is 0 Å². The Morgan fingerprint density at radius 1 is 1.32 bits per heavy atom. The van der Waals surface area contributed by atoms with Crippen molar-refractivity contribution in [3.05, 3.63) is 40.4 Å². The summed E-state index contributed by atoms with van der Waals surface area (Å²) < 4.78 is 1.71. The molecule has 134 valence electrons. The quantitative estimate of drug-likeness (QED) is 0.808. The fourth-order valence-electron chi connectivity index (χ4n) is 3.57. The largest absolute Gasteiger partial charge is 0.333 e. The maximum Gasteiger partial charge on any atom is 0.261 e. The second kappa shape index (κ2) is 7.38. The van der Waals surface area contributed by atoms with Crippen LogP contribution < -0.4 is 5.56 Å². The summed E-state index contributed by atoms with van der Waals surface area (Å²) in [6.07, 6.45) is 4.00. The minimum Gasteiger partial charge on any atom is -0.333 e. The first-order chi connectivity index (χ1) is 12.1. The van der Waals surface area contributed by atoms with E-state index in [1.54, 1.807) is 4.57 Å². The number of hydrogen-bond donors (Lipinski definition) is 0. The number of amides is 1. The monoisotopic (exact) mass is 341 g/mol. The molecular formula is C20H27N3O2. The molecule has 2 aromatic rings. The molecule has 1 atom stereocenters. The van der Waals surface area contributed by atoms with Gasteiger partial charge in [0.15, 0.2) is 0 Å². The van der Waals surface area contributed by atoms with E-state index in [-0.39, 0.29) is 23.4 Å². The van der Waals surface area contributed by atoms with Gasteiger partial charge in [0.05, 0.1) is 16.9 Å². The third-order valence-electron chi connectivity index (χ3n) is 5.25. The molecule has 1 saturated carbocycles. The zero-order chi connectivity index (χ0) is 18.0. The number of carbonyl (C=O) groups is 1. The zero-order valence-electron chi connectivity index (χ0n) is 15.4. The van der Waals surface area contributed by atoms with E-state index in [1.165, 1.54) is 0 Å². The summed E-state index contributed by atoms with van der Waals surface area (Å²) in [4.78, 5) is 32.4. The second-order valence-electron chi connectivity index (χ2n) is 6.87. The van der Waals surface area contributed by atoms with Crippen molar-refractivity contribution in [3.63, 3.8) is 0 Å². The smallest absolute Gasteiger partial charge is 0.261 e. The van der Waals surface area contributed by atoms with Crippen molar-refractivity contribution < 1.29 is 4.79 Å². The number of para-hydroxylation sites is 1. The Balaban J connectivity index is 2.05. The molecule has 1 fully saturated rings. The lowest BCUT2D eigenvalue weighted by Gasteiger charge is -2.35. The average Bonchev–Trinajstić information content (AvgIpc) is 2.57. The fraction of sp³-hybridized carbons (Fsp3) is 0.550. The van der Waals surface area contributed by atoms with Gasteiger partial charge in [0.25, 0.3) is 5.56 Å². The van der Waals surface area contributed by atoms with E-state index in [9.17, 15) is 9.59 Å². The molecule has 1 heterocycles. The number of carbonyl (C=O) groups excluding carboxylic acids is 1. The van der Waals surface area contributed by atoms with E-state index in [2.05, 4.69) is 6.92 Å². The van der Waals surface area contributed by atoms with Crippen molar-refractivity contribution >= 4 is 16.8 Å². The van der Waals surface area contributed by atoms with Crippen LogP contribution in [-0.2, 0) is 11.3 Å². The van der Waals surface area contributed by atoms with Gasteiger partial charge in [-0.1, -0.05) is 25.5 Å². The highest BCUT2D eigenvalue weighted by Crippen LogP contribution is 2.31. The number of nitrogens with zero attached hydrogens (tertiary/aromatic N) is 3. The van der Waals surface area contributed by atoms with Crippen molar-refractivity contribution in [1.82, 2.24) is 14.5 Å². The standard InChI is InChI=1S/C20H27N3O2/c1-4-13-23(19(24)15-9-8-10-15)14(3)18-21-17-12-7-6-11-16(17)20(25)22(18)5-2/h6-7,11-12,14-15H,4-5,8-10,13H2,1-3H3. The maximum atomic E-state index is 12.9. The number of hydrogen-bond acceptors (Lipinski definition) is 3. The predicted octanol–water partition coefficient (Wildman–Crippen LogP) is 3.52. The molecule has 5 nitrogen and oxygen atoms in total. The highest BCUT2D eigenvalue weighted by molar-refractivity contribution is 5.80. The fourth-order valence-corrected chi connectivity index (χ4v) is 3.57. The molecule has 5 heteroatoms. The van der Waals surface area contributed by atoms with E-state index in [1.807, 2.05) is 43.0 Å². The van der Waals surface area contributed by atoms with Gasteiger partial charge in [-0.05, 0) is 45.2 Å². The third-order valence-corrected chi connectivity index (χ3v) is 5.25. The van der Waals surface area contributed by atoms with Crippen LogP contribution >= 0.6 is 0 Å². The van der Waals surface area contributed by atoms with Gasteiger partial charge >= 0.3 is 0 Å². The minimum atomic E-state index is -0.203. The van der Waals surface area contributed by atoms with Crippen molar-refractivity contribution in [2.45, 2.75) is 59.0 Å². The van der Waals surface area contributed by atoms with E-state index >= 15 is 0 Å². The van der Waals surface area contributed by atoms with Crippen LogP contribution in [0.5, 0.6) is 0 Å². The number of aromatic nitrogens is 2. The summed E-state index contributed by atoms with van der Waals surface area (Å²) in [5, 5.41) is 0.632. The molecule has 0 bridgehead atoms. The lowest BCUT2D eigenvalue weighted by Crippen LogP contribution is -2.42. The van der Waals surface area contributed by atoms with Crippen LogP contribution in [0.1, 0.15) is 58.3 Å². The normalized spacial score (nSPS) is 15.8. The molecule has 3 rings (SSSR count). The molecule has 0 N–H and O–H groups in total. The number of fused-ring (bicyclic) bond motifs is 1. The third kappa shape index (κ3) is 3.20. The van der Waals surface area contributed by atoms with Crippen LogP contribution in [0.2, 0.25) is 0 Å². The molecule has 25 heavy (non-hydrogen) atoms. The van der Waals surface area contributed by atoms with Gasteiger partial charge < -0.3 is 4.90 Å². The molecule has 1 aromatic carbocycles. The Hall–Kier alpha value is -2.17. The second-order valence-corrected chi connectivity index (χ2v) is 6.87. The Kier molecular flexibility index (Phi) is 5.21. The first kappa shape index (κ1) is 17.6. The number of benzene rings is 1. The first-order valence-corrected chi connectivity index (χ1v) is 9.38. The summed E-state index contributed by atoms with van der Waals surface area (Å²) in [5.74, 6) is 1.05. The Bertz CT molecular complexity index is 823. The molecule has 1 aliphatic rings. The molecule has 1 aliphatic carbocycles. The average molecular weight is 341 g/mol. The Labute approximate surface area is 148 Å². The molecule has 1 amide bonds. The van der Waals surface area contributed by atoms with Crippen molar-refractivity contribution in [1.29, 1.82) is 0 Å². The van der Waals surface area contributed by atoms with Gasteiger partial charge in [0.1, 0.15) is 5.82 Å². The van der Waals surface area contributed by atoms with Crippen LogP contribution in [0.25, 0.3) is 10.9 Å². The van der Waals surface area contributed by atoms with Crippen LogP contribution in [0.4, 0.5) is 0 Å². The molecule has 0 aliphatic heterocycles. The molecule has 0 saturated heterocycles. The van der Waals surface area contributed by atoms with Crippen LogP contribution in [-0.4, -0.2) is 26.9 Å². The summed E-state index contributed by atoms with van der Waals surface area (Å²) >= 11 is 0. The van der Waals surface area contributed by atoms with Crippen molar-refractivity contribution in [2.75, 3.05) is 6.54 Å². The number of rotatable bonds is 6. The van der Waals surface area contributed by atoms with Gasteiger partial charge in [0.2, 0.25) is 5.91 Å². The van der Waals surface area contributed by atoms with Crippen LogP contribution in [0.15, 0.2) is 29.1 Å². The van der Waals surface area contributed by atoms with Gasteiger partial charge in [-0.2, -0.15) is 0 Å². The van der Waals surface area contributed by atoms with Gasteiger partial charge in [-0.25, -0.2) is 4.98 Å². The maximum absolute atomic E-state index is 12.9. The summed E-state index contributed by atoms with van der Waals surface area (Å²) in [6.45, 7) is 7.27. The van der Waals surface area contributed by atoms with E-state index in [0.29, 0.717) is 29.8 Å². The lowest BCUT2D eigenvalue weighted by molar-refractivity contribution is -0.140. The molecule has 1 unspecified atom stereocenters. The topological polar surface area (TPSA) is 55.2 Å². The highest BCUT2D eigenvalue weighted by atomic mass is 16.2. The molecule has 1 aromatic heterocycles. The zero-order valence-corrected chi connectivity index (χ0v) is 15.4. The molecular weight excluding hydrogens is 314 g/mol. The summed E-state index contributed by atoms with van der Waals surface area (Å²) in [7, 11) is 0. The van der Waals surface area contributed by atoms with Gasteiger partial charge in [-0.15, -0.1) is 0 Å². The van der Waals surface area contributed by atoms with Gasteiger partial charge in [0, 0.05) is 19.0 Å².